The maximum atomic E-state index is 11.9. The third kappa shape index (κ3) is 2.91. The molecular weight excluding hydrogens is 304 g/mol. The van der Waals surface area contributed by atoms with Gasteiger partial charge < -0.3 is 9.73 Å². The van der Waals surface area contributed by atoms with Crippen molar-refractivity contribution < 1.29 is 9.21 Å². The first-order valence-electron chi connectivity index (χ1n) is 6.88. The fraction of sp³-hybridized carbons (Fsp3) is 0.286. The number of oxazole rings is 1. The molecule has 2 aromatic heterocycles. The van der Waals surface area contributed by atoms with Gasteiger partial charge in [-0.2, -0.15) is 0 Å². The van der Waals surface area contributed by atoms with E-state index in [-0.39, 0.29) is 18.9 Å². The Kier molecular flexibility index (Phi) is 4.01. The molecule has 8 heteroatoms. The number of carbonyl (C=O) groups excluding carboxylic acids is 1. The van der Waals surface area contributed by atoms with Crippen molar-refractivity contribution in [3.8, 4) is 0 Å². The lowest BCUT2D eigenvalue weighted by Crippen LogP contribution is -2.19. The van der Waals surface area contributed by atoms with Gasteiger partial charge >= 0.3 is 5.76 Å². The summed E-state index contributed by atoms with van der Waals surface area (Å²) in [7, 11) is 0. The van der Waals surface area contributed by atoms with Gasteiger partial charge in [0.15, 0.2) is 5.58 Å². The Morgan fingerprint density at radius 2 is 2.18 bits per heavy atom. The van der Waals surface area contributed by atoms with Crippen LogP contribution in [0.2, 0.25) is 0 Å². The molecule has 0 aliphatic rings. The molecule has 0 saturated heterocycles. The second-order valence-electron chi connectivity index (χ2n) is 4.64. The fourth-order valence-electron chi connectivity index (χ4n) is 2.07. The summed E-state index contributed by atoms with van der Waals surface area (Å²) < 4.78 is 6.57. The van der Waals surface area contributed by atoms with Crippen molar-refractivity contribution in [2.75, 3.05) is 5.32 Å². The molecule has 0 saturated carbocycles. The number of anilines is 1. The number of amides is 1. The molecular formula is C14H14N4O3S. The van der Waals surface area contributed by atoms with Crippen LogP contribution in [-0.2, 0) is 17.8 Å². The number of aryl methyl sites for hydroxylation is 2. The molecule has 0 unspecified atom stereocenters. The summed E-state index contributed by atoms with van der Waals surface area (Å²) in [5.41, 5.74) is 1.20. The molecule has 1 N–H and O–H groups in total. The van der Waals surface area contributed by atoms with E-state index in [4.69, 9.17) is 4.42 Å². The average Bonchev–Trinajstić information content (AvgIpc) is 3.08. The molecule has 7 nitrogen and oxygen atoms in total. The second-order valence-corrected chi connectivity index (χ2v) is 5.70. The first-order chi connectivity index (χ1) is 10.7. The molecule has 0 aliphatic heterocycles. The Balaban J connectivity index is 1.67. The highest BCUT2D eigenvalue weighted by molar-refractivity contribution is 7.15. The van der Waals surface area contributed by atoms with Crippen LogP contribution in [0.3, 0.4) is 0 Å². The summed E-state index contributed by atoms with van der Waals surface area (Å²) in [6, 6.07) is 7.13. The van der Waals surface area contributed by atoms with Crippen molar-refractivity contribution in [1.82, 2.24) is 14.8 Å². The highest BCUT2D eigenvalue weighted by atomic mass is 32.1. The summed E-state index contributed by atoms with van der Waals surface area (Å²) in [6.45, 7) is 2.23. The quantitative estimate of drug-likeness (QED) is 0.777. The van der Waals surface area contributed by atoms with Crippen LogP contribution in [0.25, 0.3) is 11.1 Å². The van der Waals surface area contributed by atoms with E-state index in [1.165, 1.54) is 15.9 Å². The molecule has 0 spiro atoms. The SMILES string of the molecule is CCc1nnc(NC(=O)CCn2c(=O)oc3ccccc32)s1. The number of nitrogens with one attached hydrogen (secondary N) is 1. The zero-order valence-electron chi connectivity index (χ0n) is 11.9. The highest BCUT2D eigenvalue weighted by Crippen LogP contribution is 2.16. The van der Waals surface area contributed by atoms with Crippen LogP contribution in [0.5, 0.6) is 0 Å². The van der Waals surface area contributed by atoms with E-state index < -0.39 is 5.76 Å². The average molecular weight is 318 g/mol. The molecule has 3 aromatic rings. The molecule has 0 fully saturated rings. The van der Waals surface area contributed by atoms with Gasteiger partial charge in [-0.3, -0.25) is 9.36 Å². The third-order valence-corrected chi connectivity index (χ3v) is 4.13. The van der Waals surface area contributed by atoms with Gasteiger partial charge in [-0.05, 0) is 18.6 Å². The first-order valence-corrected chi connectivity index (χ1v) is 7.69. The number of fused-ring (bicyclic) bond motifs is 1. The summed E-state index contributed by atoms with van der Waals surface area (Å²) in [6.07, 6.45) is 0.939. The molecule has 0 atom stereocenters. The van der Waals surface area contributed by atoms with Crippen LogP contribution >= 0.6 is 11.3 Å². The van der Waals surface area contributed by atoms with Crippen LogP contribution in [0, 0.1) is 0 Å². The minimum Gasteiger partial charge on any atom is -0.408 e. The van der Waals surface area contributed by atoms with Crippen molar-refractivity contribution in [3.63, 3.8) is 0 Å². The summed E-state index contributed by atoms with van der Waals surface area (Å²) >= 11 is 1.35. The van der Waals surface area contributed by atoms with E-state index in [1.54, 1.807) is 18.2 Å². The number of nitrogens with zero attached hydrogens (tertiary/aromatic N) is 3. The number of benzene rings is 1. The molecule has 22 heavy (non-hydrogen) atoms. The van der Waals surface area contributed by atoms with E-state index in [9.17, 15) is 9.59 Å². The van der Waals surface area contributed by atoms with Gasteiger partial charge in [-0.1, -0.05) is 30.4 Å². The van der Waals surface area contributed by atoms with Crippen LogP contribution in [0.1, 0.15) is 18.4 Å². The van der Waals surface area contributed by atoms with E-state index >= 15 is 0 Å². The number of hydrogen-bond acceptors (Lipinski definition) is 6. The van der Waals surface area contributed by atoms with Gasteiger partial charge in [-0.15, -0.1) is 10.2 Å². The smallest absolute Gasteiger partial charge is 0.408 e. The van der Waals surface area contributed by atoms with Gasteiger partial charge in [0.2, 0.25) is 11.0 Å². The maximum Gasteiger partial charge on any atom is 0.419 e. The summed E-state index contributed by atoms with van der Waals surface area (Å²) in [4.78, 5) is 23.7. The minimum atomic E-state index is -0.460. The van der Waals surface area contributed by atoms with Gasteiger partial charge in [0, 0.05) is 13.0 Å². The predicted molar refractivity (Wildman–Crippen MR) is 83.0 cm³/mol. The standard InChI is InChI=1S/C14H14N4O3S/c1-2-12-16-17-13(22-12)15-11(19)7-8-18-9-5-3-4-6-10(9)21-14(18)20/h3-6H,2,7-8H2,1H3,(H,15,17,19). The van der Waals surface area contributed by atoms with Gasteiger partial charge in [0.1, 0.15) is 5.01 Å². The summed E-state index contributed by atoms with van der Waals surface area (Å²) in [5, 5.41) is 11.9. The van der Waals surface area contributed by atoms with Crippen molar-refractivity contribution in [2.24, 2.45) is 0 Å². The Labute approximate surface area is 129 Å². The van der Waals surface area contributed by atoms with E-state index in [0.29, 0.717) is 16.2 Å². The van der Waals surface area contributed by atoms with Crippen molar-refractivity contribution in [2.45, 2.75) is 26.3 Å². The van der Waals surface area contributed by atoms with Gasteiger partial charge in [-0.25, -0.2) is 4.79 Å². The number of carbonyl (C=O) groups is 1. The van der Waals surface area contributed by atoms with Crippen LogP contribution < -0.4 is 11.1 Å². The maximum absolute atomic E-state index is 11.9. The van der Waals surface area contributed by atoms with E-state index in [0.717, 1.165) is 11.4 Å². The largest absolute Gasteiger partial charge is 0.419 e. The zero-order chi connectivity index (χ0) is 15.5. The molecule has 0 radical (unpaired) electrons. The first kappa shape index (κ1) is 14.5. The Morgan fingerprint density at radius 1 is 1.36 bits per heavy atom. The monoisotopic (exact) mass is 318 g/mol. The molecule has 1 amide bonds. The zero-order valence-corrected chi connectivity index (χ0v) is 12.7. The lowest BCUT2D eigenvalue weighted by molar-refractivity contribution is -0.116. The molecule has 114 valence electrons. The topological polar surface area (TPSA) is 90.0 Å². The van der Waals surface area contributed by atoms with Crippen LogP contribution in [0.4, 0.5) is 5.13 Å². The fourth-order valence-corrected chi connectivity index (χ4v) is 2.76. The van der Waals surface area contributed by atoms with Crippen molar-refractivity contribution in [1.29, 1.82) is 0 Å². The summed E-state index contributed by atoms with van der Waals surface area (Å²) in [5.74, 6) is -0.672. The normalized spacial score (nSPS) is 11.0. The molecule has 0 bridgehead atoms. The van der Waals surface area contributed by atoms with E-state index in [2.05, 4.69) is 15.5 Å². The third-order valence-electron chi connectivity index (χ3n) is 3.15. The number of hydrogen-bond donors (Lipinski definition) is 1. The van der Waals surface area contributed by atoms with E-state index in [1.807, 2.05) is 13.0 Å². The molecule has 1 aromatic carbocycles. The number of rotatable bonds is 5. The molecule has 0 aliphatic carbocycles. The van der Waals surface area contributed by atoms with Crippen LogP contribution in [-0.4, -0.2) is 20.7 Å². The Hall–Kier alpha value is -2.48. The van der Waals surface area contributed by atoms with Crippen molar-refractivity contribution in [3.05, 3.63) is 39.8 Å². The second kappa shape index (κ2) is 6.10. The molecule has 2 heterocycles. The predicted octanol–water partition coefficient (Wildman–Crippen LogP) is 2.04. The highest BCUT2D eigenvalue weighted by Gasteiger charge is 2.11. The lowest BCUT2D eigenvalue weighted by Gasteiger charge is -2.02. The minimum absolute atomic E-state index is 0.157. The lowest BCUT2D eigenvalue weighted by atomic mass is 10.3. The Morgan fingerprint density at radius 3 is 2.95 bits per heavy atom. The Bertz CT molecular complexity index is 864. The van der Waals surface area contributed by atoms with Gasteiger partial charge in [0.25, 0.3) is 0 Å². The van der Waals surface area contributed by atoms with Crippen LogP contribution in [0.15, 0.2) is 33.5 Å². The number of aromatic nitrogens is 3. The number of para-hydroxylation sites is 2. The molecule has 3 rings (SSSR count). The van der Waals surface area contributed by atoms with Gasteiger partial charge in [0.05, 0.1) is 5.52 Å². The van der Waals surface area contributed by atoms with Crippen molar-refractivity contribution >= 4 is 33.5 Å².